The molecular weight excluding hydrogens is 284 g/mol. The molecule has 1 atom stereocenters. The lowest BCUT2D eigenvalue weighted by atomic mass is 10.2. The number of benzene rings is 1. The molecule has 0 saturated heterocycles. The Morgan fingerprint density at radius 2 is 2.10 bits per heavy atom. The molecule has 3 rings (SSSR count). The fraction of sp³-hybridized carbons (Fsp3) is 0.588. The number of ether oxygens (including phenoxy) is 1. The summed E-state index contributed by atoms with van der Waals surface area (Å²) in [5.74, 6) is 2.70. The van der Waals surface area contributed by atoms with Crippen LogP contribution in [0.25, 0.3) is 11.0 Å². The third-order valence-electron chi connectivity index (χ3n) is 3.95. The first-order valence-electron chi connectivity index (χ1n) is 7.86. The SMILES string of the molecule is CC(C)Oc1cccc2c1nc(C(C)Cl)n2CCC1CC1. The van der Waals surface area contributed by atoms with E-state index in [0.717, 1.165) is 35.1 Å². The van der Waals surface area contributed by atoms with Crippen LogP contribution in [0.15, 0.2) is 18.2 Å². The molecule has 0 spiro atoms. The normalized spacial score (nSPS) is 16.6. The Balaban J connectivity index is 2.02. The molecule has 1 aliphatic rings. The topological polar surface area (TPSA) is 27.1 Å². The molecule has 0 aliphatic heterocycles. The van der Waals surface area contributed by atoms with Gasteiger partial charge in [-0.15, -0.1) is 11.6 Å². The Labute approximate surface area is 131 Å². The highest BCUT2D eigenvalue weighted by molar-refractivity contribution is 6.20. The smallest absolute Gasteiger partial charge is 0.147 e. The minimum atomic E-state index is -0.0940. The molecule has 4 heteroatoms. The number of rotatable bonds is 6. The molecule has 1 aromatic heterocycles. The van der Waals surface area contributed by atoms with Gasteiger partial charge < -0.3 is 9.30 Å². The number of hydrogen-bond donors (Lipinski definition) is 0. The molecule has 1 heterocycles. The van der Waals surface area contributed by atoms with Gasteiger partial charge in [-0.05, 0) is 45.2 Å². The Morgan fingerprint density at radius 1 is 1.33 bits per heavy atom. The van der Waals surface area contributed by atoms with E-state index in [1.165, 1.54) is 19.3 Å². The maximum absolute atomic E-state index is 6.34. The van der Waals surface area contributed by atoms with Gasteiger partial charge >= 0.3 is 0 Å². The van der Waals surface area contributed by atoms with Gasteiger partial charge in [0.05, 0.1) is 17.0 Å². The number of fused-ring (bicyclic) bond motifs is 1. The van der Waals surface area contributed by atoms with Gasteiger partial charge in [0.25, 0.3) is 0 Å². The van der Waals surface area contributed by atoms with Crippen LogP contribution in [-0.4, -0.2) is 15.7 Å². The number of imidazole rings is 1. The van der Waals surface area contributed by atoms with Crippen molar-refractivity contribution in [3.8, 4) is 5.75 Å². The van der Waals surface area contributed by atoms with Crippen LogP contribution < -0.4 is 4.74 Å². The Kier molecular flexibility index (Phi) is 4.12. The molecule has 1 fully saturated rings. The van der Waals surface area contributed by atoms with E-state index in [0.29, 0.717) is 0 Å². The molecule has 114 valence electrons. The molecule has 0 amide bonds. The predicted octanol–water partition coefficient (Wildman–Crippen LogP) is 4.92. The summed E-state index contributed by atoms with van der Waals surface area (Å²) in [5.41, 5.74) is 2.07. The van der Waals surface area contributed by atoms with Gasteiger partial charge in [-0.2, -0.15) is 0 Å². The van der Waals surface area contributed by atoms with Crippen molar-refractivity contribution in [2.45, 2.75) is 58.1 Å². The maximum Gasteiger partial charge on any atom is 0.147 e. The number of aryl methyl sites for hydroxylation is 1. The molecule has 0 radical (unpaired) electrons. The summed E-state index contributed by atoms with van der Waals surface area (Å²) < 4.78 is 8.17. The van der Waals surface area contributed by atoms with Crippen LogP contribution in [0.1, 0.15) is 51.2 Å². The number of alkyl halides is 1. The van der Waals surface area contributed by atoms with Gasteiger partial charge in [0.1, 0.15) is 17.1 Å². The standard InChI is InChI=1S/C17H23ClN2O/c1-11(2)21-15-6-4-5-14-16(15)19-17(12(3)18)20(14)10-9-13-7-8-13/h4-6,11-13H,7-10H2,1-3H3. The Bertz CT molecular complexity index is 629. The first-order chi connectivity index (χ1) is 10.1. The van der Waals surface area contributed by atoms with Crippen molar-refractivity contribution in [3.05, 3.63) is 24.0 Å². The van der Waals surface area contributed by atoms with Crippen molar-refractivity contribution in [1.82, 2.24) is 9.55 Å². The monoisotopic (exact) mass is 306 g/mol. The number of nitrogens with zero attached hydrogens (tertiary/aromatic N) is 2. The second kappa shape index (κ2) is 5.88. The summed E-state index contributed by atoms with van der Waals surface area (Å²) in [4.78, 5) is 4.77. The van der Waals surface area contributed by atoms with E-state index in [2.05, 4.69) is 10.6 Å². The first-order valence-corrected chi connectivity index (χ1v) is 8.29. The molecule has 0 bridgehead atoms. The average Bonchev–Trinajstić information content (AvgIpc) is 3.16. The van der Waals surface area contributed by atoms with Gasteiger partial charge in [-0.1, -0.05) is 18.9 Å². The van der Waals surface area contributed by atoms with Gasteiger partial charge in [0.15, 0.2) is 0 Å². The van der Waals surface area contributed by atoms with E-state index in [4.69, 9.17) is 21.3 Å². The first kappa shape index (κ1) is 14.7. The van der Waals surface area contributed by atoms with Gasteiger partial charge in [0.2, 0.25) is 0 Å². The molecule has 1 saturated carbocycles. The predicted molar refractivity (Wildman–Crippen MR) is 87.1 cm³/mol. The van der Waals surface area contributed by atoms with Gasteiger partial charge in [-0.3, -0.25) is 0 Å². The molecule has 1 unspecified atom stereocenters. The van der Waals surface area contributed by atoms with Crippen LogP contribution in [0.2, 0.25) is 0 Å². The summed E-state index contributed by atoms with van der Waals surface area (Å²) in [6.45, 7) is 7.06. The van der Waals surface area contributed by atoms with E-state index < -0.39 is 0 Å². The fourth-order valence-corrected chi connectivity index (χ4v) is 2.91. The van der Waals surface area contributed by atoms with Crippen LogP contribution in [0, 0.1) is 5.92 Å². The van der Waals surface area contributed by atoms with Crippen molar-refractivity contribution >= 4 is 22.6 Å². The Morgan fingerprint density at radius 3 is 2.71 bits per heavy atom. The van der Waals surface area contributed by atoms with E-state index in [1.54, 1.807) is 0 Å². The van der Waals surface area contributed by atoms with Crippen molar-refractivity contribution in [3.63, 3.8) is 0 Å². The van der Waals surface area contributed by atoms with E-state index in [1.807, 2.05) is 32.9 Å². The lowest BCUT2D eigenvalue weighted by molar-refractivity contribution is 0.245. The number of aromatic nitrogens is 2. The third kappa shape index (κ3) is 3.18. The highest BCUT2D eigenvalue weighted by Crippen LogP contribution is 2.35. The van der Waals surface area contributed by atoms with Crippen LogP contribution in [-0.2, 0) is 6.54 Å². The van der Waals surface area contributed by atoms with Crippen molar-refractivity contribution in [2.24, 2.45) is 5.92 Å². The zero-order valence-corrected chi connectivity index (χ0v) is 13.7. The maximum atomic E-state index is 6.34. The van der Waals surface area contributed by atoms with E-state index in [9.17, 15) is 0 Å². The number of hydrogen-bond acceptors (Lipinski definition) is 2. The van der Waals surface area contributed by atoms with Crippen LogP contribution in [0.3, 0.4) is 0 Å². The third-order valence-corrected chi connectivity index (χ3v) is 4.14. The van der Waals surface area contributed by atoms with Gasteiger partial charge in [-0.25, -0.2) is 4.98 Å². The van der Waals surface area contributed by atoms with Crippen molar-refractivity contribution in [1.29, 1.82) is 0 Å². The minimum absolute atomic E-state index is 0.0940. The summed E-state index contributed by atoms with van der Waals surface area (Å²) in [7, 11) is 0. The molecule has 1 aliphatic carbocycles. The zero-order valence-electron chi connectivity index (χ0n) is 13.0. The molecule has 2 aromatic rings. The van der Waals surface area contributed by atoms with E-state index in [-0.39, 0.29) is 11.5 Å². The fourth-order valence-electron chi connectivity index (χ4n) is 2.75. The second-order valence-corrected chi connectivity index (χ2v) is 6.91. The molecule has 1 aromatic carbocycles. The minimum Gasteiger partial charge on any atom is -0.489 e. The highest BCUT2D eigenvalue weighted by atomic mass is 35.5. The number of para-hydroxylation sites is 1. The Hall–Kier alpha value is -1.22. The molecule has 0 N–H and O–H groups in total. The van der Waals surface area contributed by atoms with E-state index >= 15 is 0 Å². The van der Waals surface area contributed by atoms with Gasteiger partial charge in [0, 0.05) is 6.54 Å². The molecule has 3 nitrogen and oxygen atoms in total. The lowest BCUT2D eigenvalue weighted by Gasteiger charge is -2.11. The zero-order chi connectivity index (χ0) is 15.0. The van der Waals surface area contributed by atoms with Crippen molar-refractivity contribution < 1.29 is 4.74 Å². The summed E-state index contributed by atoms with van der Waals surface area (Å²) in [6.07, 6.45) is 4.11. The molecule has 21 heavy (non-hydrogen) atoms. The average molecular weight is 307 g/mol. The summed E-state index contributed by atoms with van der Waals surface area (Å²) >= 11 is 6.34. The molecular formula is C17H23ClN2O. The summed E-state index contributed by atoms with van der Waals surface area (Å²) in [5, 5.41) is -0.0940. The van der Waals surface area contributed by atoms with Crippen LogP contribution in [0.4, 0.5) is 0 Å². The largest absolute Gasteiger partial charge is 0.489 e. The number of halogens is 1. The van der Waals surface area contributed by atoms with Crippen LogP contribution in [0.5, 0.6) is 5.75 Å². The van der Waals surface area contributed by atoms with Crippen molar-refractivity contribution in [2.75, 3.05) is 0 Å². The van der Waals surface area contributed by atoms with Crippen LogP contribution >= 0.6 is 11.6 Å². The quantitative estimate of drug-likeness (QED) is 0.708. The summed E-state index contributed by atoms with van der Waals surface area (Å²) in [6, 6.07) is 6.15. The second-order valence-electron chi connectivity index (χ2n) is 6.26. The highest BCUT2D eigenvalue weighted by Gasteiger charge is 2.23. The lowest BCUT2D eigenvalue weighted by Crippen LogP contribution is -2.06.